The summed E-state index contributed by atoms with van der Waals surface area (Å²) in [5.41, 5.74) is 7.72. The van der Waals surface area contributed by atoms with Crippen LogP contribution in [-0.4, -0.2) is 17.0 Å². The molecule has 0 saturated carbocycles. The quantitative estimate of drug-likeness (QED) is 0.329. The van der Waals surface area contributed by atoms with E-state index in [0.29, 0.717) is 6.42 Å². The van der Waals surface area contributed by atoms with Crippen LogP contribution in [0.3, 0.4) is 0 Å². The van der Waals surface area contributed by atoms with Crippen LogP contribution in [0.2, 0.25) is 0 Å². The van der Waals surface area contributed by atoms with Gasteiger partial charge in [-0.2, -0.15) is 0 Å². The van der Waals surface area contributed by atoms with Gasteiger partial charge in [-0.1, -0.05) is 72.3 Å². The smallest absolute Gasteiger partial charge is 0.220 e. The lowest BCUT2D eigenvalue weighted by Gasteiger charge is -2.10. The minimum atomic E-state index is 0.129. The first kappa shape index (κ1) is 21.9. The third-order valence-corrected chi connectivity index (χ3v) is 6.15. The zero-order chi connectivity index (χ0) is 22.3. The van der Waals surface area contributed by atoms with E-state index in [2.05, 4.69) is 96.7 Å². The summed E-state index contributed by atoms with van der Waals surface area (Å²) in [7, 11) is 0. The molecule has 0 spiro atoms. The number of carbonyl (C=O) groups is 1. The Kier molecular flexibility index (Phi) is 7.06. The number of amides is 1. The third-order valence-electron chi connectivity index (χ3n) is 6.15. The zero-order valence-corrected chi connectivity index (χ0v) is 19.1. The minimum Gasteiger partial charge on any atom is -0.356 e. The normalized spacial score (nSPS) is 11.1. The maximum atomic E-state index is 12.4. The third kappa shape index (κ3) is 5.47. The second kappa shape index (κ2) is 10.3. The van der Waals surface area contributed by atoms with Crippen molar-refractivity contribution in [3.8, 4) is 0 Å². The molecule has 0 fully saturated rings. The first-order valence-electron chi connectivity index (χ1n) is 11.5. The largest absolute Gasteiger partial charge is 0.356 e. The summed E-state index contributed by atoms with van der Waals surface area (Å²) < 4.78 is 2.32. The van der Waals surface area contributed by atoms with E-state index in [1.165, 1.54) is 38.7 Å². The molecule has 0 bridgehead atoms. The molecular formula is C29H32N2O. The number of fused-ring (bicyclic) bond motifs is 1. The molecule has 3 nitrogen and oxygen atoms in total. The van der Waals surface area contributed by atoms with Crippen LogP contribution in [0.25, 0.3) is 10.9 Å². The average Bonchev–Trinajstić information content (AvgIpc) is 3.16. The Morgan fingerprint density at radius 3 is 2.50 bits per heavy atom. The molecule has 4 aromatic rings. The molecule has 0 unspecified atom stereocenters. The molecule has 32 heavy (non-hydrogen) atoms. The van der Waals surface area contributed by atoms with Crippen molar-refractivity contribution in [3.63, 3.8) is 0 Å². The predicted octanol–water partition coefficient (Wildman–Crippen LogP) is 5.99. The number of nitrogens with one attached hydrogen (secondary N) is 1. The molecule has 1 amide bonds. The molecule has 0 radical (unpaired) electrons. The summed E-state index contributed by atoms with van der Waals surface area (Å²) in [6.45, 7) is 5.88. The van der Waals surface area contributed by atoms with Crippen molar-refractivity contribution in [1.29, 1.82) is 0 Å². The van der Waals surface area contributed by atoms with Gasteiger partial charge in [0, 0.05) is 36.6 Å². The van der Waals surface area contributed by atoms with Crippen LogP contribution in [0.5, 0.6) is 0 Å². The van der Waals surface area contributed by atoms with Gasteiger partial charge in [0.2, 0.25) is 5.91 Å². The van der Waals surface area contributed by atoms with Gasteiger partial charge in [0.1, 0.15) is 0 Å². The highest BCUT2D eigenvalue weighted by atomic mass is 16.1. The van der Waals surface area contributed by atoms with Gasteiger partial charge in [0.25, 0.3) is 0 Å². The fourth-order valence-corrected chi connectivity index (χ4v) is 4.31. The summed E-state index contributed by atoms with van der Waals surface area (Å²) >= 11 is 0. The highest BCUT2D eigenvalue weighted by Gasteiger charge is 2.11. The summed E-state index contributed by atoms with van der Waals surface area (Å²) in [4.78, 5) is 12.4. The van der Waals surface area contributed by atoms with Gasteiger partial charge in [-0.3, -0.25) is 4.79 Å². The van der Waals surface area contributed by atoms with Crippen molar-refractivity contribution in [2.75, 3.05) is 6.54 Å². The lowest BCUT2D eigenvalue weighted by Crippen LogP contribution is -2.24. The molecule has 1 N–H and O–H groups in total. The fourth-order valence-electron chi connectivity index (χ4n) is 4.31. The Morgan fingerprint density at radius 1 is 0.875 bits per heavy atom. The molecule has 1 aromatic heterocycles. The maximum Gasteiger partial charge on any atom is 0.220 e. The molecule has 0 aliphatic carbocycles. The van der Waals surface area contributed by atoms with E-state index < -0.39 is 0 Å². The van der Waals surface area contributed by atoms with Gasteiger partial charge in [0.05, 0.1) is 0 Å². The molecule has 0 aliphatic heterocycles. The van der Waals surface area contributed by atoms with Crippen molar-refractivity contribution < 1.29 is 4.79 Å². The maximum absolute atomic E-state index is 12.4. The number of hydrogen-bond acceptors (Lipinski definition) is 1. The van der Waals surface area contributed by atoms with Gasteiger partial charge in [-0.15, -0.1) is 0 Å². The SMILES string of the molecule is Cc1ccc(C)c(Cn2cc(CCC(=O)NCCCc3ccccc3)c3ccccc32)c1. The van der Waals surface area contributed by atoms with Crippen molar-refractivity contribution in [1.82, 2.24) is 9.88 Å². The molecule has 0 aliphatic rings. The van der Waals surface area contributed by atoms with Gasteiger partial charge < -0.3 is 9.88 Å². The van der Waals surface area contributed by atoms with E-state index >= 15 is 0 Å². The van der Waals surface area contributed by atoms with Crippen LogP contribution in [0.1, 0.15) is 40.7 Å². The second-order valence-corrected chi connectivity index (χ2v) is 8.67. The van der Waals surface area contributed by atoms with Crippen LogP contribution >= 0.6 is 0 Å². The van der Waals surface area contributed by atoms with Gasteiger partial charge >= 0.3 is 0 Å². The van der Waals surface area contributed by atoms with Crippen LogP contribution in [-0.2, 0) is 24.2 Å². The van der Waals surface area contributed by atoms with Crippen LogP contribution in [0, 0.1) is 13.8 Å². The standard InChI is InChI=1S/C29H32N2O/c1-22-14-15-23(2)26(19-22)21-31-20-25(27-12-6-7-13-28(27)31)16-17-29(32)30-18-8-11-24-9-4-3-5-10-24/h3-7,9-10,12-15,19-20H,8,11,16-18,21H2,1-2H3,(H,30,32). The number of benzene rings is 3. The van der Waals surface area contributed by atoms with Crippen molar-refractivity contribution in [2.24, 2.45) is 0 Å². The van der Waals surface area contributed by atoms with Crippen LogP contribution in [0.4, 0.5) is 0 Å². The first-order valence-corrected chi connectivity index (χ1v) is 11.5. The second-order valence-electron chi connectivity index (χ2n) is 8.67. The van der Waals surface area contributed by atoms with E-state index in [0.717, 1.165) is 32.4 Å². The van der Waals surface area contributed by atoms with E-state index in [1.54, 1.807) is 0 Å². The minimum absolute atomic E-state index is 0.129. The Bertz CT molecular complexity index is 1190. The monoisotopic (exact) mass is 424 g/mol. The number of nitrogens with zero attached hydrogens (tertiary/aromatic N) is 1. The predicted molar refractivity (Wildman–Crippen MR) is 133 cm³/mol. The Hall–Kier alpha value is -3.33. The molecular weight excluding hydrogens is 392 g/mol. The molecule has 1 heterocycles. The van der Waals surface area contributed by atoms with Gasteiger partial charge in [-0.05, 0) is 61.4 Å². The lowest BCUT2D eigenvalue weighted by molar-refractivity contribution is -0.121. The average molecular weight is 425 g/mol. The van der Waals surface area contributed by atoms with Crippen molar-refractivity contribution in [2.45, 2.75) is 46.1 Å². The number of aromatic nitrogens is 1. The molecule has 0 atom stereocenters. The van der Waals surface area contributed by atoms with E-state index in [9.17, 15) is 4.79 Å². The Morgan fingerprint density at radius 2 is 1.66 bits per heavy atom. The highest BCUT2D eigenvalue weighted by molar-refractivity contribution is 5.85. The number of hydrogen-bond donors (Lipinski definition) is 1. The van der Waals surface area contributed by atoms with E-state index in [-0.39, 0.29) is 5.91 Å². The molecule has 164 valence electrons. The Balaban J connectivity index is 1.37. The molecule has 3 aromatic carbocycles. The zero-order valence-electron chi connectivity index (χ0n) is 19.1. The van der Waals surface area contributed by atoms with Gasteiger partial charge in [0.15, 0.2) is 0 Å². The fraction of sp³-hybridized carbons (Fsp3) is 0.276. The van der Waals surface area contributed by atoms with E-state index in [1.807, 2.05) is 6.07 Å². The number of aryl methyl sites for hydroxylation is 4. The van der Waals surface area contributed by atoms with Crippen molar-refractivity contribution in [3.05, 3.63) is 107 Å². The lowest BCUT2D eigenvalue weighted by atomic mass is 10.1. The van der Waals surface area contributed by atoms with Crippen LogP contribution < -0.4 is 5.32 Å². The number of rotatable bonds is 9. The molecule has 0 saturated heterocycles. The first-order chi connectivity index (χ1) is 15.6. The van der Waals surface area contributed by atoms with Crippen LogP contribution in [0.15, 0.2) is 79.0 Å². The topological polar surface area (TPSA) is 34.0 Å². The summed E-state index contributed by atoms with van der Waals surface area (Å²) in [6, 6.07) is 25.6. The van der Waals surface area contributed by atoms with Gasteiger partial charge in [-0.25, -0.2) is 0 Å². The number of carbonyl (C=O) groups excluding carboxylic acids is 1. The summed E-state index contributed by atoms with van der Waals surface area (Å²) in [6.07, 6.45) is 5.46. The highest BCUT2D eigenvalue weighted by Crippen LogP contribution is 2.24. The number of para-hydroxylation sites is 1. The molecule has 3 heteroatoms. The van der Waals surface area contributed by atoms with E-state index in [4.69, 9.17) is 0 Å². The summed E-state index contributed by atoms with van der Waals surface area (Å²) in [5.74, 6) is 0.129. The summed E-state index contributed by atoms with van der Waals surface area (Å²) in [5, 5.41) is 4.33. The molecule has 4 rings (SSSR count). The van der Waals surface area contributed by atoms with Crippen molar-refractivity contribution >= 4 is 16.8 Å². The Labute approximate surface area is 191 Å².